The molecule has 2 rings (SSSR count). The Morgan fingerprint density at radius 1 is 1.55 bits per heavy atom. The van der Waals surface area contributed by atoms with Crippen LogP contribution < -0.4 is 21.9 Å². The van der Waals surface area contributed by atoms with Crippen molar-refractivity contribution in [1.29, 1.82) is 0 Å². The van der Waals surface area contributed by atoms with E-state index >= 15 is 0 Å². The van der Waals surface area contributed by atoms with Crippen LogP contribution in [0.25, 0.3) is 0 Å². The summed E-state index contributed by atoms with van der Waals surface area (Å²) in [6.07, 6.45) is 4.00. The van der Waals surface area contributed by atoms with Gasteiger partial charge in [0.05, 0.1) is 6.33 Å². The van der Waals surface area contributed by atoms with Gasteiger partial charge in [-0.05, 0) is 6.42 Å². The van der Waals surface area contributed by atoms with Gasteiger partial charge in [0.1, 0.15) is 12.1 Å². The first kappa shape index (κ1) is 14.0. The highest BCUT2D eigenvalue weighted by atomic mass is 16.2. The van der Waals surface area contributed by atoms with Crippen LogP contribution in [-0.2, 0) is 20.8 Å². The summed E-state index contributed by atoms with van der Waals surface area (Å²) < 4.78 is 0. The molecule has 1 fully saturated rings. The number of nitrogens with zero attached hydrogens (tertiary/aromatic N) is 1. The highest BCUT2D eigenvalue weighted by Crippen LogP contribution is 2.07. The second-order valence-electron chi connectivity index (χ2n) is 4.51. The van der Waals surface area contributed by atoms with Crippen LogP contribution in [0.5, 0.6) is 0 Å². The first-order valence-electron chi connectivity index (χ1n) is 6.17. The number of aromatic nitrogens is 2. The second-order valence-corrected chi connectivity index (χ2v) is 4.51. The summed E-state index contributed by atoms with van der Waals surface area (Å²) >= 11 is 0. The number of hydrogen-bond donors (Lipinski definition) is 5. The molecule has 9 heteroatoms. The number of rotatable bonds is 5. The highest BCUT2D eigenvalue weighted by Gasteiger charge is 2.30. The Balaban J connectivity index is 1.98. The largest absolute Gasteiger partial charge is 0.348 e. The van der Waals surface area contributed by atoms with Crippen molar-refractivity contribution in [3.8, 4) is 0 Å². The average molecular weight is 280 g/mol. The molecular weight excluding hydrogens is 264 g/mol. The third-order valence-electron chi connectivity index (χ3n) is 3.07. The van der Waals surface area contributed by atoms with Crippen molar-refractivity contribution in [2.24, 2.45) is 5.84 Å². The van der Waals surface area contributed by atoms with E-state index in [2.05, 4.69) is 20.6 Å². The number of H-pyrrole nitrogens is 1. The highest BCUT2D eigenvalue weighted by molar-refractivity contribution is 5.93. The topological polar surface area (TPSA) is 142 Å². The van der Waals surface area contributed by atoms with E-state index in [-0.39, 0.29) is 12.3 Å². The first-order chi connectivity index (χ1) is 9.60. The molecule has 1 aliphatic heterocycles. The summed E-state index contributed by atoms with van der Waals surface area (Å²) in [6, 6.07) is -1.43. The Hall–Kier alpha value is -2.42. The first-order valence-corrected chi connectivity index (χ1v) is 6.17. The molecule has 1 saturated heterocycles. The van der Waals surface area contributed by atoms with Crippen LogP contribution in [0.1, 0.15) is 18.5 Å². The molecule has 9 nitrogen and oxygen atoms in total. The van der Waals surface area contributed by atoms with Crippen LogP contribution in [0.4, 0.5) is 0 Å². The van der Waals surface area contributed by atoms with Crippen molar-refractivity contribution in [2.45, 2.75) is 31.3 Å². The van der Waals surface area contributed by atoms with Crippen LogP contribution in [0.2, 0.25) is 0 Å². The zero-order chi connectivity index (χ0) is 14.5. The van der Waals surface area contributed by atoms with E-state index in [4.69, 9.17) is 5.84 Å². The summed E-state index contributed by atoms with van der Waals surface area (Å²) in [5.74, 6) is 4.02. The van der Waals surface area contributed by atoms with E-state index in [0.29, 0.717) is 18.5 Å². The average Bonchev–Trinajstić information content (AvgIpc) is 3.08. The number of hydrazine groups is 1. The number of imidazole rings is 1. The van der Waals surface area contributed by atoms with Gasteiger partial charge in [0.25, 0.3) is 5.91 Å². The maximum absolute atomic E-state index is 12.0. The van der Waals surface area contributed by atoms with E-state index in [1.807, 2.05) is 5.43 Å². The molecule has 0 unspecified atom stereocenters. The molecule has 3 amide bonds. The molecule has 1 aliphatic rings. The predicted octanol–water partition coefficient (Wildman–Crippen LogP) is -2.29. The van der Waals surface area contributed by atoms with Gasteiger partial charge in [-0.1, -0.05) is 0 Å². The van der Waals surface area contributed by atoms with Gasteiger partial charge < -0.3 is 15.6 Å². The lowest BCUT2D eigenvalue weighted by Gasteiger charge is -2.18. The van der Waals surface area contributed by atoms with Gasteiger partial charge in [-0.15, -0.1) is 0 Å². The molecule has 0 spiro atoms. The van der Waals surface area contributed by atoms with Gasteiger partial charge in [0.15, 0.2) is 0 Å². The van der Waals surface area contributed by atoms with Gasteiger partial charge in [0, 0.05) is 24.7 Å². The Morgan fingerprint density at radius 2 is 2.35 bits per heavy atom. The number of aromatic amines is 1. The van der Waals surface area contributed by atoms with E-state index in [1.54, 1.807) is 6.20 Å². The summed E-state index contributed by atoms with van der Waals surface area (Å²) in [4.78, 5) is 41.4. The minimum absolute atomic E-state index is 0.168. The van der Waals surface area contributed by atoms with Crippen LogP contribution in [0, 0.1) is 0 Å². The lowest BCUT2D eigenvalue weighted by molar-refractivity contribution is -0.130. The molecule has 0 aromatic carbocycles. The number of carbonyl (C=O) groups excluding carboxylic acids is 3. The van der Waals surface area contributed by atoms with Crippen molar-refractivity contribution in [2.75, 3.05) is 0 Å². The second kappa shape index (κ2) is 6.15. The predicted molar refractivity (Wildman–Crippen MR) is 67.7 cm³/mol. The third-order valence-corrected chi connectivity index (χ3v) is 3.07. The number of carbonyl (C=O) groups is 3. The molecule has 1 aromatic heterocycles. The van der Waals surface area contributed by atoms with Crippen molar-refractivity contribution >= 4 is 17.7 Å². The minimum atomic E-state index is -0.828. The van der Waals surface area contributed by atoms with Crippen molar-refractivity contribution in [3.05, 3.63) is 18.2 Å². The Labute approximate surface area is 114 Å². The molecule has 2 heterocycles. The SMILES string of the molecule is NNC(=O)[C@@H](Cc1cnc[nH]1)NC(=O)[C@H]1CCC(=O)N1. The normalized spacial score (nSPS) is 19.2. The smallest absolute Gasteiger partial charge is 0.256 e. The zero-order valence-electron chi connectivity index (χ0n) is 10.7. The Kier molecular flexibility index (Phi) is 4.31. The molecule has 0 bridgehead atoms. The summed E-state index contributed by atoms with van der Waals surface area (Å²) in [6.45, 7) is 0. The van der Waals surface area contributed by atoms with Crippen molar-refractivity contribution in [1.82, 2.24) is 26.0 Å². The molecule has 0 radical (unpaired) electrons. The fourth-order valence-electron chi connectivity index (χ4n) is 2.01. The Bertz CT molecular complexity index is 500. The maximum atomic E-state index is 12.0. The zero-order valence-corrected chi connectivity index (χ0v) is 10.7. The van der Waals surface area contributed by atoms with E-state index in [9.17, 15) is 14.4 Å². The van der Waals surface area contributed by atoms with E-state index < -0.39 is 23.9 Å². The van der Waals surface area contributed by atoms with Crippen LogP contribution in [0.3, 0.4) is 0 Å². The van der Waals surface area contributed by atoms with Gasteiger partial charge >= 0.3 is 0 Å². The molecule has 0 saturated carbocycles. The maximum Gasteiger partial charge on any atom is 0.256 e. The monoisotopic (exact) mass is 280 g/mol. The standard InChI is InChI=1S/C11H16N6O3/c12-17-11(20)8(3-6-4-13-5-14-6)16-10(19)7-1-2-9(18)15-7/h4-5,7-8H,1-3,12H2,(H,13,14)(H,15,18)(H,16,19)(H,17,20)/t7-,8-/m1/s1. The third kappa shape index (κ3) is 3.32. The molecule has 6 N–H and O–H groups in total. The number of hydrogen-bond acceptors (Lipinski definition) is 5. The van der Waals surface area contributed by atoms with Gasteiger partial charge in [-0.2, -0.15) is 0 Å². The summed E-state index contributed by atoms with van der Waals surface area (Å²) in [5.41, 5.74) is 2.70. The molecule has 1 aromatic rings. The quantitative estimate of drug-likeness (QED) is 0.234. The molecular formula is C11H16N6O3. The van der Waals surface area contributed by atoms with E-state index in [1.165, 1.54) is 6.33 Å². The van der Waals surface area contributed by atoms with Crippen LogP contribution in [-0.4, -0.2) is 39.8 Å². The van der Waals surface area contributed by atoms with Gasteiger partial charge in [-0.25, -0.2) is 10.8 Å². The van der Waals surface area contributed by atoms with Crippen LogP contribution in [0.15, 0.2) is 12.5 Å². The number of amides is 3. The fourth-order valence-corrected chi connectivity index (χ4v) is 2.01. The number of nitrogens with two attached hydrogens (primary N) is 1. The minimum Gasteiger partial charge on any atom is -0.348 e. The molecule has 2 atom stereocenters. The van der Waals surface area contributed by atoms with Crippen molar-refractivity contribution < 1.29 is 14.4 Å². The number of nitrogens with one attached hydrogen (secondary N) is 4. The molecule has 20 heavy (non-hydrogen) atoms. The van der Waals surface area contributed by atoms with Gasteiger partial charge in [0.2, 0.25) is 11.8 Å². The molecule has 108 valence electrons. The molecule has 0 aliphatic carbocycles. The van der Waals surface area contributed by atoms with Crippen LogP contribution >= 0.6 is 0 Å². The summed E-state index contributed by atoms with van der Waals surface area (Å²) in [5, 5.41) is 5.12. The lowest BCUT2D eigenvalue weighted by atomic mass is 10.1. The van der Waals surface area contributed by atoms with Crippen molar-refractivity contribution in [3.63, 3.8) is 0 Å². The van der Waals surface area contributed by atoms with E-state index in [0.717, 1.165) is 0 Å². The fraction of sp³-hybridized carbons (Fsp3) is 0.455. The lowest BCUT2D eigenvalue weighted by Crippen LogP contribution is -2.53. The summed E-state index contributed by atoms with van der Waals surface area (Å²) in [7, 11) is 0. The van der Waals surface area contributed by atoms with Gasteiger partial charge in [-0.3, -0.25) is 19.8 Å². The Morgan fingerprint density at radius 3 is 2.90 bits per heavy atom.